The first-order chi connectivity index (χ1) is 14.1. The number of unbranched alkanes of at least 4 members (excludes halogenated alkanes) is 5. The van der Waals surface area contributed by atoms with Gasteiger partial charge in [0.1, 0.15) is 17.2 Å². The molecule has 6 heteroatoms. The molecule has 0 saturated carbocycles. The molecule has 0 aromatic heterocycles. The molecule has 0 aliphatic rings. The van der Waals surface area contributed by atoms with E-state index in [4.69, 9.17) is 25.8 Å². The highest BCUT2D eigenvalue weighted by Gasteiger charge is 2.09. The molecule has 1 amide bonds. The van der Waals surface area contributed by atoms with Crippen LogP contribution in [0.4, 0.5) is 5.69 Å². The molecule has 158 valence electrons. The minimum Gasteiger partial charge on any atom is -0.495 e. The van der Waals surface area contributed by atoms with E-state index in [9.17, 15) is 4.79 Å². The molecule has 2 rings (SSSR count). The summed E-state index contributed by atoms with van der Waals surface area (Å²) in [5.74, 6) is 1.65. The van der Waals surface area contributed by atoms with Crippen LogP contribution in [0.25, 0.3) is 0 Å². The normalized spacial score (nSPS) is 10.4. The summed E-state index contributed by atoms with van der Waals surface area (Å²) in [4.78, 5) is 12.1. The van der Waals surface area contributed by atoms with Crippen LogP contribution in [-0.4, -0.2) is 26.2 Å². The van der Waals surface area contributed by atoms with Gasteiger partial charge in [-0.25, -0.2) is 0 Å². The number of carbonyl (C=O) groups is 1. The highest BCUT2D eigenvalue weighted by Crippen LogP contribution is 2.27. The van der Waals surface area contributed by atoms with Crippen LogP contribution in [0.5, 0.6) is 17.2 Å². The van der Waals surface area contributed by atoms with Crippen molar-refractivity contribution in [2.45, 2.75) is 45.4 Å². The first-order valence-corrected chi connectivity index (χ1v) is 10.5. The number of nitrogens with one attached hydrogen (secondary N) is 1. The molecular weight excluding hydrogens is 390 g/mol. The van der Waals surface area contributed by atoms with Crippen molar-refractivity contribution in [1.29, 1.82) is 0 Å². The lowest BCUT2D eigenvalue weighted by Crippen LogP contribution is -2.20. The summed E-state index contributed by atoms with van der Waals surface area (Å²) in [6.45, 7) is 2.82. The molecular formula is C23H30ClNO4. The first-order valence-electron chi connectivity index (χ1n) is 10.1. The molecule has 0 saturated heterocycles. The van der Waals surface area contributed by atoms with E-state index in [2.05, 4.69) is 12.2 Å². The second-order valence-electron chi connectivity index (χ2n) is 6.77. The molecule has 2 aromatic carbocycles. The smallest absolute Gasteiger partial charge is 0.262 e. The third-order valence-corrected chi connectivity index (χ3v) is 4.63. The zero-order valence-electron chi connectivity index (χ0n) is 17.2. The van der Waals surface area contributed by atoms with Gasteiger partial charge >= 0.3 is 0 Å². The second-order valence-corrected chi connectivity index (χ2v) is 7.21. The van der Waals surface area contributed by atoms with Crippen molar-refractivity contribution in [3.05, 3.63) is 47.5 Å². The highest BCUT2D eigenvalue weighted by atomic mass is 35.5. The Balaban J connectivity index is 1.70. The van der Waals surface area contributed by atoms with Gasteiger partial charge in [-0.15, -0.1) is 0 Å². The maximum atomic E-state index is 12.1. The van der Waals surface area contributed by atoms with E-state index in [1.807, 2.05) is 12.1 Å². The molecule has 0 aliphatic carbocycles. The van der Waals surface area contributed by atoms with Crippen LogP contribution >= 0.6 is 11.6 Å². The number of hydrogen-bond acceptors (Lipinski definition) is 4. The number of methoxy groups -OCH3 is 1. The average molecular weight is 420 g/mol. The molecule has 0 bridgehead atoms. The molecule has 0 atom stereocenters. The largest absolute Gasteiger partial charge is 0.495 e. The van der Waals surface area contributed by atoms with Crippen molar-refractivity contribution in [1.82, 2.24) is 0 Å². The molecule has 0 unspecified atom stereocenters. The third-order valence-electron chi connectivity index (χ3n) is 4.40. The minimum absolute atomic E-state index is 0.117. The van der Waals surface area contributed by atoms with E-state index in [1.165, 1.54) is 39.2 Å². The Labute approximate surface area is 178 Å². The zero-order chi connectivity index (χ0) is 20.9. The molecule has 0 aliphatic heterocycles. The summed E-state index contributed by atoms with van der Waals surface area (Å²) in [5, 5.41) is 3.25. The highest BCUT2D eigenvalue weighted by molar-refractivity contribution is 6.31. The number of ether oxygens (including phenoxy) is 3. The molecule has 0 fully saturated rings. The van der Waals surface area contributed by atoms with Gasteiger partial charge in [-0.05, 0) is 48.9 Å². The average Bonchev–Trinajstić information content (AvgIpc) is 2.72. The maximum absolute atomic E-state index is 12.1. The Morgan fingerprint density at radius 3 is 2.28 bits per heavy atom. The van der Waals surface area contributed by atoms with Gasteiger partial charge < -0.3 is 19.5 Å². The summed E-state index contributed by atoms with van der Waals surface area (Å²) < 4.78 is 16.5. The lowest BCUT2D eigenvalue weighted by Gasteiger charge is -2.11. The summed E-state index contributed by atoms with van der Waals surface area (Å²) >= 11 is 5.97. The predicted molar refractivity (Wildman–Crippen MR) is 117 cm³/mol. The van der Waals surface area contributed by atoms with Gasteiger partial charge in [-0.2, -0.15) is 0 Å². The monoisotopic (exact) mass is 419 g/mol. The van der Waals surface area contributed by atoms with Gasteiger partial charge in [0.25, 0.3) is 5.91 Å². The summed E-state index contributed by atoms with van der Waals surface area (Å²) in [6.07, 6.45) is 7.42. The third kappa shape index (κ3) is 8.65. The molecule has 0 spiro atoms. The summed E-state index contributed by atoms with van der Waals surface area (Å²) in [6, 6.07) is 12.3. The van der Waals surface area contributed by atoms with Gasteiger partial charge in [0, 0.05) is 5.02 Å². The second kappa shape index (κ2) is 12.9. The van der Waals surface area contributed by atoms with Crippen LogP contribution in [0, 0.1) is 0 Å². The van der Waals surface area contributed by atoms with Gasteiger partial charge in [0.2, 0.25) is 0 Å². The van der Waals surface area contributed by atoms with E-state index < -0.39 is 0 Å². The quantitative estimate of drug-likeness (QED) is 0.398. The van der Waals surface area contributed by atoms with Crippen LogP contribution < -0.4 is 19.5 Å². The SMILES string of the molecule is CCCCCCCCOc1ccc(OCC(=O)Nc2cc(Cl)ccc2OC)cc1. The van der Waals surface area contributed by atoms with Crippen molar-refractivity contribution in [3.63, 3.8) is 0 Å². The van der Waals surface area contributed by atoms with Crippen molar-refractivity contribution < 1.29 is 19.0 Å². The predicted octanol–water partition coefficient (Wildman–Crippen LogP) is 6.11. The zero-order valence-corrected chi connectivity index (χ0v) is 18.0. The molecule has 0 radical (unpaired) electrons. The van der Waals surface area contributed by atoms with Crippen molar-refractivity contribution in [2.24, 2.45) is 0 Å². The summed E-state index contributed by atoms with van der Waals surface area (Å²) in [5.41, 5.74) is 0.507. The van der Waals surface area contributed by atoms with Crippen molar-refractivity contribution >= 4 is 23.2 Å². The van der Waals surface area contributed by atoms with Crippen LogP contribution in [0.15, 0.2) is 42.5 Å². The Kier molecular flexibility index (Phi) is 10.2. The maximum Gasteiger partial charge on any atom is 0.262 e. The number of amides is 1. The van der Waals surface area contributed by atoms with Gasteiger partial charge in [0.05, 0.1) is 19.4 Å². The molecule has 1 N–H and O–H groups in total. The fourth-order valence-corrected chi connectivity index (χ4v) is 2.99. The van der Waals surface area contributed by atoms with Crippen LogP contribution in [-0.2, 0) is 4.79 Å². The van der Waals surface area contributed by atoms with Crippen LogP contribution in [0.1, 0.15) is 45.4 Å². The van der Waals surface area contributed by atoms with E-state index in [1.54, 1.807) is 30.3 Å². The Bertz CT molecular complexity index is 749. The number of rotatable bonds is 13. The number of anilines is 1. The molecule has 2 aromatic rings. The first kappa shape index (κ1) is 22.9. The topological polar surface area (TPSA) is 56.8 Å². The standard InChI is InChI=1S/C23H30ClNO4/c1-3-4-5-6-7-8-15-28-19-10-12-20(13-11-19)29-17-23(26)25-21-16-18(24)9-14-22(21)27-2/h9-14,16H,3-8,15,17H2,1-2H3,(H,25,26). The Morgan fingerprint density at radius 1 is 0.931 bits per heavy atom. The van der Waals surface area contributed by atoms with Gasteiger partial charge in [-0.3, -0.25) is 4.79 Å². The molecule has 29 heavy (non-hydrogen) atoms. The van der Waals surface area contributed by atoms with Crippen LogP contribution in [0.3, 0.4) is 0 Å². The number of benzene rings is 2. The van der Waals surface area contributed by atoms with E-state index in [-0.39, 0.29) is 12.5 Å². The Hall–Kier alpha value is -2.40. The fourth-order valence-electron chi connectivity index (χ4n) is 2.82. The van der Waals surface area contributed by atoms with E-state index >= 15 is 0 Å². The van der Waals surface area contributed by atoms with Crippen molar-refractivity contribution in [3.8, 4) is 17.2 Å². The van der Waals surface area contributed by atoms with Gasteiger partial charge in [-0.1, -0.05) is 50.6 Å². The minimum atomic E-state index is -0.297. The van der Waals surface area contributed by atoms with Crippen LogP contribution in [0.2, 0.25) is 5.02 Å². The van der Waals surface area contributed by atoms with Crippen molar-refractivity contribution in [2.75, 3.05) is 25.6 Å². The molecule has 0 heterocycles. The van der Waals surface area contributed by atoms with E-state index in [0.29, 0.717) is 22.2 Å². The number of carbonyl (C=O) groups excluding carboxylic acids is 1. The molecule has 5 nitrogen and oxygen atoms in total. The van der Waals surface area contributed by atoms with E-state index in [0.717, 1.165) is 18.8 Å². The lowest BCUT2D eigenvalue weighted by molar-refractivity contribution is -0.118. The fraction of sp³-hybridized carbons (Fsp3) is 0.435. The number of hydrogen-bond donors (Lipinski definition) is 1. The number of halogens is 1. The lowest BCUT2D eigenvalue weighted by atomic mass is 10.1. The summed E-state index contributed by atoms with van der Waals surface area (Å²) in [7, 11) is 1.53. The van der Waals surface area contributed by atoms with Gasteiger partial charge in [0.15, 0.2) is 6.61 Å². The Morgan fingerprint density at radius 2 is 1.59 bits per heavy atom.